The predicted octanol–water partition coefficient (Wildman–Crippen LogP) is 1.89. The fraction of sp³-hybridized carbons (Fsp3) is 0.571. The molecule has 1 fully saturated rings. The summed E-state index contributed by atoms with van der Waals surface area (Å²) in [6.07, 6.45) is 1.23. The van der Waals surface area contributed by atoms with Crippen LogP contribution in [-0.2, 0) is 17.8 Å². The second-order valence-electron chi connectivity index (χ2n) is 4.94. The minimum atomic E-state index is -0.168. The van der Waals surface area contributed by atoms with Gasteiger partial charge in [0.2, 0.25) is 0 Å². The van der Waals surface area contributed by atoms with Gasteiger partial charge in [-0.3, -0.25) is 4.90 Å². The van der Waals surface area contributed by atoms with Crippen LogP contribution >= 0.6 is 0 Å². The SMILES string of the molecule is CC1OCCC1N(C)Cc1cccc(CN)c1F. The molecule has 1 aromatic carbocycles. The molecule has 0 spiro atoms. The lowest BCUT2D eigenvalue weighted by Gasteiger charge is -2.26. The molecule has 18 heavy (non-hydrogen) atoms. The number of halogens is 1. The lowest BCUT2D eigenvalue weighted by atomic mass is 10.1. The Kier molecular flexibility index (Phi) is 4.32. The minimum absolute atomic E-state index is 0.168. The molecule has 3 nitrogen and oxygen atoms in total. The van der Waals surface area contributed by atoms with E-state index in [1.165, 1.54) is 0 Å². The molecule has 1 heterocycles. The summed E-state index contributed by atoms with van der Waals surface area (Å²) in [4.78, 5) is 2.16. The van der Waals surface area contributed by atoms with Crippen LogP contribution in [-0.4, -0.2) is 30.7 Å². The van der Waals surface area contributed by atoms with Crippen LogP contribution in [0.2, 0.25) is 0 Å². The standard InChI is InChI=1S/C14H21FN2O/c1-10-13(6-7-18-10)17(2)9-12-5-3-4-11(8-16)14(12)15/h3-5,10,13H,6-9,16H2,1-2H3. The maximum atomic E-state index is 14.1. The van der Waals surface area contributed by atoms with E-state index in [1.807, 2.05) is 19.2 Å². The number of benzene rings is 1. The van der Waals surface area contributed by atoms with E-state index >= 15 is 0 Å². The fourth-order valence-corrected chi connectivity index (χ4v) is 2.60. The summed E-state index contributed by atoms with van der Waals surface area (Å²) in [5.41, 5.74) is 6.81. The van der Waals surface area contributed by atoms with E-state index in [0.29, 0.717) is 23.7 Å². The highest BCUT2D eigenvalue weighted by Gasteiger charge is 2.28. The first-order chi connectivity index (χ1) is 8.63. The van der Waals surface area contributed by atoms with Gasteiger partial charge in [0, 0.05) is 36.9 Å². The molecule has 2 N–H and O–H groups in total. The van der Waals surface area contributed by atoms with Crippen LogP contribution in [0.15, 0.2) is 18.2 Å². The first kappa shape index (κ1) is 13.5. The Morgan fingerprint density at radius 2 is 2.17 bits per heavy atom. The summed E-state index contributed by atoms with van der Waals surface area (Å²) in [7, 11) is 2.02. The van der Waals surface area contributed by atoms with Gasteiger partial charge in [-0.1, -0.05) is 18.2 Å². The summed E-state index contributed by atoms with van der Waals surface area (Å²) in [6, 6.07) is 5.79. The third-order valence-electron chi connectivity index (χ3n) is 3.70. The predicted molar refractivity (Wildman–Crippen MR) is 69.6 cm³/mol. The Bertz CT molecular complexity index is 411. The van der Waals surface area contributed by atoms with Crippen LogP contribution < -0.4 is 5.73 Å². The maximum Gasteiger partial charge on any atom is 0.132 e. The van der Waals surface area contributed by atoms with Gasteiger partial charge in [-0.2, -0.15) is 0 Å². The lowest BCUT2D eigenvalue weighted by Crippen LogP contribution is -2.36. The van der Waals surface area contributed by atoms with Crippen molar-refractivity contribution in [2.75, 3.05) is 13.7 Å². The second kappa shape index (κ2) is 5.78. The molecule has 0 saturated carbocycles. The highest BCUT2D eigenvalue weighted by atomic mass is 19.1. The molecule has 1 aliphatic rings. The third kappa shape index (κ3) is 2.71. The van der Waals surface area contributed by atoms with E-state index in [9.17, 15) is 4.39 Å². The van der Waals surface area contributed by atoms with E-state index in [2.05, 4.69) is 11.8 Å². The Morgan fingerprint density at radius 1 is 1.44 bits per heavy atom. The van der Waals surface area contributed by atoms with Crippen molar-refractivity contribution in [3.63, 3.8) is 0 Å². The van der Waals surface area contributed by atoms with Gasteiger partial charge in [0.1, 0.15) is 5.82 Å². The zero-order chi connectivity index (χ0) is 13.1. The van der Waals surface area contributed by atoms with Crippen molar-refractivity contribution in [3.8, 4) is 0 Å². The normalized spacial score (nSPS) is 23.8. The van der Waals surface area contributed by atoms with Crippen LogP contribution in [0, 0.1) is 5.82 Å². The van der Waals surface area contributed by atoms with Gasteiger partial charge in [-0.25, -0.2) is 4.39 Å². The van der Waals surface area contributed by atoms with Gasteiger partial charge in [0.05, 0.1) is 6.10 Å². The van der Waals surface area contributed by atoms with Crippen LogP contribution in [0.4, 0.5) is 4.39 Å². The summed E-state index contributed by atoms with van der Waals surface area (Å²) in [5, 5.41) is 0. The van der Waals surface area contributed by atoms with Gasteiger partial charge < -0.3 is 10.5 Å². The van der Waals surface area contributed by atoms with Gasteiger partial charge in [0.15, 0.2) is 0 Å². The Hall–Kier alpha value is -0.970. The molecule has 0 radical (unpaired) electrons. The summed E-state index contributed by atoms with van der Waals surface area (Å²) < 4.78 is 19.6. The zero-order valence-electron chi connectivity index (χ0n) is 11.0. The number of hydrogen-bond donors (Lipinski definition) is 1. The maximum absolute atomic E-state index is 14.1. The Balaban J connectivity index is 2.09. The molecular weight excluding hydrogens is 231 g/mol. The summed E-state index contributed by atoms with van der Waals surface area (Å²) in [6.45, 7) is 3.70. The fourth-order valence-electron chi connectivity index (χ4n) is 2.60. The molecule has 0 amide bonds. The highest BCUT2D eigenvalue weighted by molar-refractivity contribution is 5.26. The van der Waals surface area contributed by atoms with E-state index in [0.717, 1.165) is 13.0 Å². The molecule has 1 saturated heterocycles. The largest absolute Gasteiger partial charge is 0.377 e. The van der Waals surface area contributed by atoms with Crippen LogP contribution in [0.5, 0.6) is 0 Å². The number of nitrogens with zero attached hydrogens (tertiary/aromatic N) is 1. The van der Waals surface area contributed by atoms with Gasteiger partial charge in [-0.05, 0) is 20.4 Å². The molecule has 2 atom stereocenters. The average molecular weight is 252 g/mol. The first-order valence-electron chi connectivity index (χ1n) is 6.41. The van der Waals surface area contributed by atoms with Crippen molar-refractivity contribution >= 4 is 0 Å². The number of nitrogens with two attached hydrogens (primary N) is 1. The number of rotatable bonds is 4. The number of hydrogen-bond acceptors (Lipinski definition) is 3. The zero-order valence-corrected chi connectivity index (χ0v) is 11.0. The molecular formula is C14H21FN2O. The van der Waals surface area contributed by atoms with Gasteiger partial charge >= 0.3 is 0 Å². The van der Waals surface area contributed by atoms with Gasteiger partial charge in [0.25, 0.3) is 0 Å². The van der Waals surface area contributed by atoms with Gasteiger partial charge in [-0.15, -0.1) is 0 Å². The summed E-state index contributed by atoms with van der Waals surface area (Å²) in [5.74, 6) is -0.168. The average Bonchev–Trinajstić information content (AvgIpc) is 2.78. The van der Waals surface area contributed by atoms with Crippen molar-refractivity contribution < 1.29 is 9.13 Å². The van der Waals surface area contributed by atoms with E-state index < -0.39 is 0 Å². The summed E-state index contributed by atoms with van der Waals surface area (Å²) >= 11 is 0. The molecule has 0 bridgehead atoms. The van der Waals surface area contributed by atoms with Crippen molar-refractivity contribution in [3.05, 3.63) is 35.1 Å². The second-order valence-corrected chi connectivity index (χ2v) is 4.94. The Labute approximate surface area is 108 Å². The molecule has 1 aliphatic heterocycles. The molecule has 1 aromatic rings. The van der Waals surface area contributed by atoms with Crippen LogP contribution in [0.1, 0.15) is 24.5 Å². The number of likely N-dealkylation sites (N-methyl/N-ethyl adjacent to an activating group) is 1. The lowest BCUT2D eigenvalue weighted by molar-refractivity contribution is 0.0810. The monoisotopic (exact) mass is 252 g/mol. The molecule has 0 aliphatic carbocycles. The molecule has 0 aromatic heterocycles. The number of ether oxygens (including phenoxy) is 1. The van der Waals surface area contributed by atoms with Crippen molar-refractivity contribution in [1.29, 1.82) is 0 Å². The minimum Gasteiger partial charge on any atom is -0.377 e. The third-order valence-corrected chi connectivity index (χ3v) is 3.70. The van der Waals surface area contributed by atoms with E-state index in [-0.39, 0.29) is 18.5 Å². The Morgan fingerprint density at radius 3 is 2.78 bits per heavy atom. The quantitative estimate of drug-likeness (QED) is 0.889. The molecule has 2 unspecified atom stereocenters. The van der Waals surface area contributed by atoms with Crippen molar-refractivity contribution in [2.24, 2.45) is 5.73 Å². The van der Waals surface area contributed by atoms with Crippen molar-refractivity contribution in [1.82, 2.24) is 4.90 Å². The molecule has 100 valence electrons. The van der Waals surface area contributed by atoms with Crippen LogP contribution in [0.25, 0.3) is 0 Å². The topological polar surface area (TPSA) is 38.5 Å². The molecule has 4 heteroatoms. The molecule has 2 rings (SSSR count). The first-order valence-corrected chi connectivity index (χ1v) is 6.41. The van der Waals surface area contributed by atoms with Crippen molar-refractivity contribution in [2.45, 2.75) is 38.6 Å². The highest BCUT2D eigenvalue weighted by Crippen LogP contribution is 2.21. The van der Waals surface area contributed by atoms with E-state index in [4.69, 9.17) is 10.5 Å². The smallest absolute Gasteiger partial charge is 0.132 e. The van der Waals surface area contributed by atoms with E-state index in [1.54, 1.807) is 6.07 Å². The van der Waals surface area contributed by atoms with Crippen LogP contribution in [0.3, 0.4) is 0 Å².